The molecule has 0 bridgehead atoms. The zero-order valence-corrected chi connectivity index (χ0v) is 31.8. The van der Waals surface area contributed by atoms with E-state index in [9.17, 15) is 0 Å². The first-order chi connectivity index (χ1) is 27.1. The van der Waals surface area contributed by atoms with Crippen LogP contribution in [0.2, 0.25) is 0 Å². The topological polar surface area (TPSA) is 3.24 Å². The van der Waals surface area contributed by atoms with E-state index < -0.39 is 0 Å². The molecule has 0 heterocycles. The third kappa shape index (κ3) is 5.27. The predicted molar refractivity (Wildman–Crippen MR) is 232 cm³/mol. The minimum Gasteiger partial charge on any atom is -0.310 e. The van der Waals surface area contributed by atoms with E-state index in [1.54, 1.807) is 11.1 Å². The summed E-state index contributed by atoms with van der Waals surface area (Å²) in [6.45, 7) is 4.36. The maximum Gasteiger partial charge on any atom is 0.0540 e. The summed E-state index contributed by atoms with van der Waals surface area (Å²) in [6, 6.07) is 63.2. The Morgan fingerprint density at radius 1 is 0.418 bits per heavy atom. The molecule has 0 radical (unpaired) electrons. The first kappa shape index (κ1) is 32.7. The molecule has 11 rings (SSSR count). The normalized spacial score (nSPS) is 22.8. The first-order valence-electron chi connectivity index (χ1n) is 20.6. The molecule has 8 aromatic rings. The molecular weight excluding hydrogens is 663 g/mol. The van der Waals surface area contributed by atoms with Crippen molar-refractivity contribution in [3.05, 3.63) is 197 Å². The first-order valence-corrected chi connectivity index (χ1v) is 20.6. The van der Waals surface area contributed by atoms with Gasteiger partial charge in [-0.25, -0.2) is 0 Å². The summed E-state index contributed by atoms with van der Waals surface area (Å²) in [5, 5.41) is 7.94. The van der Waals surface area contributed by atoms with Gasteiger partial charge in [-0.3, -0.25) is 0 Å². The fraction of sp³-hybridized carbons (Fsp3) is 0.222. The number of benzene rings is 8. The van der Waals surface area contributed by atoms with Crippen molar-refractivity contribution in [3.63, 3.8) is 0 Å². The van der Waals surface area contributed by atoms with E-state index in [2.05, 4.69) is 183 Å². The van der Waals surface area contributed by atoms with Gasteiger partial charge in [-0.2, -0.15) is 0 Å². The van der Waals surface area contributed by atoms with Crippen LogP contribution >= 0.6 is 0 Å². The molecule has 0 saturated heterocycles. The molecule has 1 heteroatoms. The molecule has 0 spiro atoms. The van der Waals surface area contributed by atoms with Crippen LogP contribution < -0.4 is 4.90 Å². The van der Waals surface area contributed by atoms with Crippen LogP contribution in [-0.2, 0) is 0 Å². The fourth-order valence-electron chi connectivity index (χ4n) is 11.7. The van der Waals surface area contributed by atoms with Crippen molar-refractivity contribution in [2.75, 3.05) is 4.90 Å². The van der Waals surface area contributed by atoms with Crippen molar-refractivity contribution in [2.24, 2.45) is 11.8 Å². The van der Waals surface area contributed by atoms with E-state index in [1.165, 1.54) is 97.3 Å². The summed E-state index contributed by atoms with van der Waals surface area (Å²) in [4.78, 5) is 2.53. The van der Waals surface area contributed by atoms with Gasteiger partial charge in [0.05, 0.1) is 5.69 Å². The van der Waals surface area contributed by atoms with Gasteiger partial charge in [0.2, 0.25) is 0 Å². The Morgan fingerprint density at radius 3 is 1.45 bits per heavy atom. The minimum absolute atomic E-state index is 0.433. The van der Waals surface area contributed by atoms with Gasteiger partial charge in [0.25, 0.3) is 0 Å². The lowest BCUT2D eigenvalue weighted by Gasteiger charge is -2.53. The van der Waals surface area contributed by atoms with Gasteiger partial charge in [-0.15, -0.1) is 0 Å². The number of fused-ring (bicyclic) bond motifs is 6. The molecule has 0 N–H and O–H groups in total. The second kappa shape index (κ2) is 13.0. The third-order valence-corrected chi connectivity index (χ3v) is 13.8. The van der Waals surface area contributed by atoms with E-state index in [1.807, 2.05) is 0 Å². The summed E-state index contributed by atoms with van der Waals surface area (Å²) >= 11 is 0. The standard InChI is InChI=1S/C54H47N/c1-34-20-22-40-32-42(26-24-38(40)30-34)55(43-27-25-39-31-35(2)21-23-41(39)33-43)49-29-28-48-52-46(49)18-11-19-47(52)53-50(36-12-5-3-6-13-36)44-16-9-10-17-45(44)51(54(48)53)37-14-7-4-8-15-37/h3-8,11-15,18-33,44-45,50-51,53-54H,9-10,16-17H2,1-2H3. The van der Waals surface area contributed by atoms with Crippen LogP contribution in [0.4, 0.5) is 17.1 Å². The van der Waals surface area contributed by atoms with Gasteiger partial charge in [0.1, 0.15) is 0 Å². The molecule has 1 nitrogen and oxygen atoms in total. The second-order valence-corrected chi connectivity index (χ2v) is 16.9. The second-order valence-electron chi connectivity index (χ2n) is 16.9. The summed E-state index contributed by atoms with van der Waals surface area (Å²) in [5.41, 5.74) is 12.4. The quantitative estimate of drug-likeness (QED) is 0.172. The molecular formula is C54H47N. The van der Waals surface area contributed by atoms with Crippen LogP contribution in [0.5, 0.6) is 0 Å². The van der Waals surface area contributed by atoms with Gasteiger partial charge < -0.3 is 4.90 Å². The van der Waals surface area contributed by atoms with Crippen molar-refractivity contribution >= 4 is 49.4 Å². The zero-order chi connectivity index (χ0) is 36.6. The Morgan fingerprint density at radius 2 is 0.909 bits per heavy atom. The van der Waals surface area contributed by atoms with Gasteiger partial charge in [-0.05, 0) is 142 Å². The lowest BCUT2D eigenvalue weighted by atomic mass is 9.50. The number of nitrogens with zero attached hydrogens (tertiary/aromatic N) is 1. The number of anilines is 3. The van der Waals surface area contributed by atoms with Crippen LogP contribution in [0, 0.1) is 25.7 Å². The van der Waals surface area contributed by atoms with Crippen molar-refractivity contribution in [1.82, 2.24) is 0 Å². The van der Waals surface area contributed by atoms with E-state index >= 15 is 0 Å². The highest BCUT2D eigenvalue weighted by molar-refractivity contribution is 6.05. The molecule has 0 amide bonds. The van der Waals surface area contributed by atoms with Crippen molar-refractivity contribution in [3.8, 4) is 0 Å². The summed E-state index contributed by atoms with van der Waals surface area (Å²) in [5.74, 6) is 3.21. The van der Waals surface area contributed by atoms with Crippen LogP contribution in [0.3, 0.4) is 0 Å². The maximum atomic E-state index is 2.55. The van der Waals surface area contributed by atoms with Gasteiger partial charge in [0.15, 0.2) is 0 Å². The number of aryl methyl sites for hydroxylation is 2. The fourth-order valence-corrected chi connectivity index (χ4v) is 11.7. The van der Waals surface area contributed by atoms with Crippen molar-refractivity contribution in [2.45, 2.75) is 63.2 Å². The highest BCUT2D eigenvalue weighted by Gasteiger charge is 2.55. The molecule has 6 unspecified atom stereocenters. The minimum atomic E-state index is 0.433. The van der Waals surface area contributed by atoms with E-state index in [4.69, 9.17) is 0 Å². The van der Waals surface area contributed by atoms with Crippen molar-refractivity contribution in [1.29, 1.82) is 0 Å². The molecule has 2 saturated carbocycles. The lowest BCUT2D eigenvalue weighted by molar-refractivity contribution is 0.0885. The highest BCUT2D eigenvalue weighted by atomic mass is 15.1. The Labute approximate surface area is 325 Å². The number of rotatable bonds is 5. The molecule has 2 fully saturated rings. The Hall–Kier alpha value is -5.66. The van der Waals surface area contributed by atoms with Gasteiger partial charge in [-0.1, -0.05) is 157 Å². The number of hydrogen-bond acceptors (Lipinski definition) is 1. The molecule has 268 valence electrons. The number of hydrogen-bond donors (Lipinski definition) is 0. The maximum absolute atomic E-state index is 2.55. The predicted octanol–water partition coefficient (Wildman–Crippen LogP) is 14.8. The highest BCUT2D eigenvalue weighted by Crippen LogP contribution is 2.69. The van der Waals surface area contributed by atoms with E-state index in [0.717, 1.165) is 0 Å². The third-order valence-electron chi connectivity index (χ3n) is 13.8. The van der Waals surface area contributed by atoms with Crippen LogP contribution in [0.15, 0.2) is 164 Å². The molecule has 3 aliphatic carbocycles. The molecule has 8 aromatic carbocycles. The monoisotopic (exact) mass is 709 g/mol. The summed E-state index contributed by atoms with van der Waals surface area (Å²) in [7, 11) is 0. The van der Waals surface area contributed by atoms with Gasteiger partial charge in [0, 0.05) is 16.8 Å². The lowest BCUT2D eigenvalue weighted by Crippen LogP contribution is -2.42. The van der Waals surface area contributed by atoms with E-state index in [0.29, 0.717) is 35.5 Å². The average Bonchev–Trinajstić information content (AvgIpc) is 3.56. The molecule has 0 aromatic heterocycles. The Bertz CT molecular complexity index is 2570. The van der Waals surface area contributed by atoms with Crippen LogP contribution in [0.25, 0.3) is 32.3 Å². The van der Waals surface area contributed by atoms with Crippen LogP contribution in [0.1, 0.15) is 82.7 Å². The summed E-state index contributed by atoms with van der Waals surface area (Å²) < 4.78 is 0. The van der Waals surface area contributed by atoms with Gasteiger partial charge >= 0.3 is 0 Å². The largest absolute Gasteiger partial charge is 0.310 e. The molecule has 0 aliphatic heterocycles. The van der Waals surface area contributed by atoms with Crippen LogP contribution in [-0.4, -0.2) is 0 Å². The van der Waals surface area contributed by atoms with Crippen molar-refractivity contribution < 1.29 is 0 Å². The SMILES string of the molecule is Cc1ccc2cc(N(c3ccc4cc(C)ccc4c3)c3ccc4c5c(cccc35)C3C(c5ccccc5)C5CCCCC5C(c5ccccc5)C43)ccc2c1. The summed E-state index contributed by atoms with van der Waals surface area (Å²) in [6.07, 6.45) is 5.34. The smallest absolute Gasteiger partial charge is 0.0540 e. The molecule has 55 heavy (non-hydrogen) atoms. The zero-order valence-electron chi connectivity index (χ0n) is 31.8. The molecule has 6 atom stereocenters. The average molecular weight is 710 g/mol. The van der Waals surface area contributed by atoms with E-state index in [-0.39, 0.29) is 0 Å². The Balaban J connectivity index is 1.16. The Kier molecular flexibility index (Phi) is 7.73. The molecule has 3 aliphatic rings.